The lowest BCUT2D eigenvalue weighted by Gasteiger charge is -2.34. The van der Waals surface area contributed by atoms with E-state index in [-0.39, 0.29) is 29.7 Å². The van der Waals surface area contributed by atoms with Gasteiger partial charge in [0.2, 0.25) is 11.8 Å². The monoisotopic (exact) mass is 657 g/mol. The third kappa shape index (κ3) is 9.59. The van der Waals surface area contributed by atoms with Gasteiger partial charge in [-0.1, -0.05) is 74.5 Å². The van der Waals surface area contributed by atoms with Crippen LogP contribution in [-0.2, 0) is 32.6 Å². The molecule has 0 aliphatic rings. The van der Waals surface area contributed by atoms with Gasteiger partial charge in [0.15, 0.2) is 0 Å². The Bertz CT molecular complexity index is 1700. The van der Waals surface area contributed by atoms with Crippen molar-refractivity contribution in [3.8, 4) is 11.5 Å². The van der Waals surface area contributed by atoms with Crippen molar-refractivity contribution >= 4 is 27.5 Å². The molecule has 0 saturated heterocycles. The molecule has 0 unspecified atom stereocenters. The van der Waals surface area contributed by atoms with Gasteiger partial charge in [0.05, 0.1) is 24.3 Å². The molecule has 4 rings (SSSR count). The Morgan fingerprint density at radius 2 is 1.45 bits per heavy atom. The number of anilines is 1. The topological polar surface area (TPSA) is 105 Å². The smallest absolute Gasteiger partial charge is 0.264 e. The number of carbonyl (C=O) groups excluding carboxylic acids is 2. The molecule has 1 atom stereocenters. The number of methoxy groups -OCH3 is 1. The fourth-order valence-electron chi connectivity index (χ4n) is 5.07. The van der Waals surface area contributed by atoms with Crippen molar-refractivity contribution in [2.75, 3.05) is 31.1 Å². The summed E-state index contributed by atoms with van der Waals surface area (Å²) in [6.07, 6.45) is 0.234. The highest BCUT2D eigenvalue weighted by Crippen LogP contribution is 2.26. The van der Waals surface area contributed by atoms with Crippen LogP contribution in [-0.4, -0.2) is 58.0 Å². The summed E-state index contributed by atoms with van der Waals surface area (Å²) >= 11 is 0. The van der Waals surface area contributed by atoms with E-state index in [1.807, 2.05) is 63.2 Å². The van der Waals surface area contributed by atoms with E-state index in [9.17, 15) is 18.0 Å². The number of sulfonamides is 1. The maximum atomic E-state index is 14.6. The van der Waals surface area contributed by atoms with Crippen LogP contribution < -0.4 is 19.1 Å². The van der Waals surface area contributed by atoms with Crippen LogP contribution >= 0.6 is 0 Å². The van der Waals surface area contributed by atoms with E-state index in [4.69, 9.17) is 9.47 Å². The third-order valence-electron chi connectivity index (χ3n) is 7.49. The normalized spacial score (nSPS) is 11.9. The van der Waals surface area contributed by atoms with E-state index in [1.54, 1.807) is 61.7 Å². The molecule has 4 aromatic carbocycles. The molecular weight excluding hydrogens is 614 g/mol. The fraction of sp³-hybridized carbons (Fsp3) is 0.297. The lowest BCUT2D eigenvalue weighted by Crippen LogP contribution is -2.53. The summed E-state index contributed by atoms with van der Waals surface area (Å²) in [6.45, 7) is 6.21. The molecule has 2 amide bonds. The Morgan fingerprint density at radius 3 is 2.06 bits per heavy atom. The zero-order valence-corrected chi connectivity index (χ0v) is 28.2. The molecule has 0 fully saturated rings. The Labute approximate surface area is 278 Å². The van der Waals surface area contributed by atoms with Crippen molar-refractivity contribution < 1.29 is 27.5 Å². The molecular formula is C37H43N3O6S. The summed E-state index contributed by atoms with van der Waals surface area (Å²) in [5, 5.41) is 3.00. The molecule has 0 aliphatic heterocycles. The first kappa shape index (κ1) is 35.0. The zero-order valence-electron chi connectivity index (χ0n) is 27.3. The van der Waals surface area contributed by atoms with Crippen molar-refractivity contribution in [3.63, 3.8) is 0 Å². The second-order valence-corrected chi connectivity index (χ2v) is 13.3. The average molecular weight is 658 g/mol. The minimum atomic E-state index is -4.21. The second-order valence-electron chi connectivity index (χ2n) is 11.5. The van der Waals surface area contributed by atoms with Crippen LogP contribution in [0.3, 0.4) is 0 Å². The van der Waals surface area contributed by atoms with Gasteiger partial charge in [-0.25, -0.2) is 8.42 Å². The van der Waals surface area contributed by atoms with Crippen molar-refractivity contribution in [1.82, 2.24) is 10.2 Å². The molecule has 4 aromatic rings. The molecule has 1 N–H and O–H groups in total. The largest absolute Gasteiger partial charge is 0.497 e. The van der Waals surface area contributed by atoms with Crippen LogP contribution in [0, 0.1) is 5.92 Å². The van der Waals surface area contributed by atoms with E-state index < -0.39 is 28.5 Å². The van der Waals surface area contributed by atoms with Gasteiger partial charge in [-0.15, -0.1) is 0 Å². The van der Waals surface area contributed by atoms with Crippen LogP contribution in [0.15, 0.2) is 114 Å². The minimum Gasteiger partial charge on any atom is -0.497 e. The predicted octanol–water partition coefficient (Wildman–Crippen LogP) is 5.70. The molecule has 9 nitrogen and oxygen atoms in total. The van der Waals surface area contributed by atoms with Crippen LogP contribution in [0.5, 0.6) is 11.5 Å². The van der Waals surface area contributed by atoms with Gasteiger partial charge in [-0.3, -0.25) is 13.9 Å². The number of ether oxygens (including phenoxy) is 2. The molecule has 0 heterocycles. The van der Waals surface area contributed by atoms with E-state index in [2.05, 4.69) is 5.32 Å². The number of rotatable bonds is 16. The van der Waals surface area contributed by atoms with Gasteiger partial charge in [0.25, 0.3) is 10.0 Å². The highest BCUT2D eigenvalue weighted by atomic mass is 32.2. The molecule has 0 bridgehead atoms. The zero-order chi connectivity index (χ0) is 33.8. The third-order valence-corrected chi connectivity index (χ3v) is 9.28. The first-order valence-corrected chi connectivity index (χ1v) is 17.1. The lowest BCUT2D eigenvalue weighted by molar-refractivity contribution is -0.140. The molecule has 0 aromatic heterocycles. The van der Waals surface area contributed by atoms with E-state index in [0.717, 1.165) is 15.4 Å². The maximum absolute atomic E-state index is 14.6. The lowest BCUT2D eigenvalue weighted by atomic mass is 10.0. The van der Waals surface area contributed by atoms with Gasteiger partial charge in [0.1, 0.15) is 24.1 Å². The minimum absolute atomic E-state index is 0.00691. The maximum Gasteiger partial charge on any atom is 0.264 e. The number of para-hydroxylation sites is 1. The standard InChI is InChI=1S/C37H43N3O6S/c1-5-46-32-19-21-34(22-20-32)47(43,44)40(31-16-10-7-11-17-31)27-36(41)39(26-30-15-12-18-33(23-30)45-4)35(37(42)38-25-28(2)3)24-29-13-8-6-9-14-29/h6-23,28,35H,5,24-27H2,1-4H3,(H,38,42)/t35-/m1/s1. The highest BCUT2D eigenvalue weighted by Gasteiger charge is 2.34. The highest BCUT2D eigenvalue weighted by molar-refractivity contribution is 7.92. The second kappa shape index (κ2) is 16.6. The summed E-state index contributed by atoms with van der Waals surface area (Å²) in [5.74, 6) is 0.468. The Balaban J connectivity index is 1.78. The molecule has 0 aliphatic carbocycles. The number of benzene rings is 4. The van der Waals surface area contributed by atoms with Crippen molar-refractivity contribution in [2.24, 2.45) is 5.92 Å². The first-order chi connectivity index (χ1) is 22.6. The number of hydrogen-bond donors (Lipinski definition) is 1. The molecule has 47 heavy (non-hydrogen) atoms. The van der Waals surface area contributed by atoms with Gasteiger partial charge < -0.3 is 19.7 Å². The molecule has 0 saturated carbocycles. The average Bonchev–Trinajstić information content (AvgIpc) is 3.08. The summed E-state index contributed by atoms with van der Waals surface area (Å²) in [7, 11) is -2.66. The quantitative estimate of drug-likeness (QED) is 0.166. The van der Waals surface area contributed by atoms with Crippen LogP contribution in [0.2, 0.25) is 0 Å². The first-order valence-electron chi connectivity index (χ1n) is 15.7. The number of carbonyl (C=O) groups is 2. The number of amides is 2. The van der Waals surface area contributed by atoms with Crippen molar-refractivity contribution in [2.45, 2.75) is 44.7 Å². The van der Waals surface area contributed by atoms with Crippen LogP contribution in [0.25, 0.3) is 0 Å². The van der Waals surface area contributed by atoms with Gasteiger partial charge >= 0.3 is 0 Å². The van der Waals surface area contributed by atoms with Gasteiger partial charge in [-0.2, -0.15) is 0 Å². The number of hydrogen-bond acceptors (Lipinski definition) is 6. The predicted molar refractivity (Wildman–Crippen MR) is 184 cm³/mol. The molecule has 248 valence electrons. The molecule has 0 spiro atoms. The SMILES string of the molecule is CCOc1ccc(S(=O)(=O)N(CC(=O)N(Cc2cccc(OC)c2)[C@H](Cc2ccccc2)C(=O)NCC(C)C)c2ccccc2)cc1. The molecule has 0 radical (unpaired) electrons. The number of nitrogens with zero attached hydrogens (tertiary/aromatic N) is 2. The van der Waals surface area contributed by atoms with E-state index >= 15 is 0 Å². The van der Waals surface area contributed by atoms with Gasteiger partial charge in [0, 0.05) is 19.5 Å². The van der Waals surface area contributed by atoms with Gasteiger partial charge in [-0.05, 0) is 72.5 Å². The Morgan fingerprint density at radius 1 is 0.809 bits per heavy atom. The summed E-state index contributed by atoms with van der Waals surface area (Å²) < 4.78 is 40.4. The number of nitrogens with one attached hydrogen (secondary N) is 1. The summed E-state index contributed by atoms with van der Waals surface area (Å²) in [6, 6.07) is 30.4. The fourth-order valence-corrected chi connectivity index (χ4v) is 6.48. The molecule has 10 heteroatoms. The van der Waals surface area contributed by atoms with Crippen molar-refractivity contribution in [3.05, 3.63) is 120 Å². The Hall–Kier alpha value is -4.83. The van der Waals surface area contributed by atoms with Crippen LogP contribution in [0.4, 0.5) is 5.69 Å². The van der Waals surface area contributed by atoms with E-state index in [1.165, 1.54) is 17.0 Å². The van der Waals surface area contributed by atoms with Crippen LogP contribution in [0.1, 0.15) is 31.9 Å². The summed E-state index contributed by atoms with van der Waals surface area (Å²) in [5.41, 5.74) is 1.91. The summed E-state index contributed by atoms with van der Waals surface area (Å²) in [4.78, 5) is 29.9. The van der Waals surface area contributed by atoms with E-state index in [0.29, 0.717) is 30.3 Å². The Kier molecular flexibility index (Phi) is 12.4. The van der Waals surface area contributed by atoms with Crippen molar-refractivity contribution in [1.29, 1.82) is 0 Å².